The summed E-state index contributed by atoms with van der Waals surface area (Å²) in [6.07, 6.45) is 0. The van der Waals surface area contributed by atoms with Gasteiger partial charge in [0.15, 0.2) is 0 Å². The average molecular weight is 502 g/mol. The van der Waals surface area contributed by atoms with Gasteiger partial charge in [-0.2, -0.15) is 0 Å². The highest BCUT2D eigenvalue weighted by molar-refractivity contribution is 14.2. The molecule has 0 fully saturated rings. The Morgan fingerprint density at radius 3 is 2.33 bits per heavy atom. The van der Waals surface area contributed by atoms with Gasteiger partial charge in [0.05, 0.1) is 1.43 Å². The molecule has 0 aliphatic heterocycles. The van der Waals surface area contributed by atoms with Crippen molar-refractivity contribution in [2.75, 3.05) is 0 Å². The number of rotatable bonds is 1. The van der Waals surface area contributed by atoms with Crippen LogP contribution in [0, 0.1) is 9.39 Å². The van der Waals surface area contributed by atoms with Gasteiger partial charge in [0.2, 0.25) is 0 Å². The average Bonchev–Trinajstić information content (AvgIpc) is 1.92. The van der Waals surface area contributed by atoms with Crippen LogP contribution in [0.4, 0.5) is 4.39 Å². The van der Waals surface area contributed by atoms with Gasteiger partial charge in [-0.15, -0.1) is 0 Å². The number of hydrogen-bond donors (Lipinski definition) is 0. The Morgan fingerprint density at radius 1 is 1.33 bits per heavy atom. The van der Waals surface area contributed by atoms with E-state index >= 15 is 0 Å². The minimum atomic E-state index is -0.166. The van der Waals surface area contributed by atoms with Gasteiger partial charge < -0.3 is 0 Å². The zero-order chi connectivity index (χ0) is 9.35. The van der Waals surface area contributed by atoms with Crippen LogP contribution in [-0.4, -0.2) is 0 Å². The Hall–Kier alpha value is 1.34. The molecule has 0 aromatic heterocycles. The van der Waals surface area contributed by atoms with Crippen LogP contribution in [0.15, 0.2) is 18.2 Å². The van der Waals surface area contributed by atoms with Crippen LogP contribution < -0.4 is 0 Å². The highest BCUT2D eigenvalue weighted by Crippen LogP contribution is 2.40. The Bertz CT molecular complexity index is 291. The molecule has 66 valence electrons. The lowest BCUT2D eigenvalue weighted by molar-refractivity contribution is 0.603. The van der Waals surface area contributed by atoms with Gasteiger partial charge >= 0.3 is 0 Å². The summed E-state index contributed by atoms with van der Waals surface area (Å²) in [5.74, 6) is -0.0931. The van der Waals surface area contributed by atoms with Crippen LogP contribution in [0.2, 0.25) is 0 Å². The lowest BCUT2D eigenvalue weighted by atomic mass is 10.2. The van der Waals surface area contributed by atoms with E-state index in [1.807, 2.05) is 41.6 Å². The van der Waals surface area contributed by atoms with Gasteiger partial charge in [-0.3, -0.25) is 0 Å². The number of benzene rings is 1. The third-order valence-electron chi connectivity index (χ3n) is 1.42. The van der Waals surface area contributed by atoms with E-state index in [2.05, 4.69) is 45.2 Å². The summed E-state index contributed by atoms with van der Waals surface area (Å²) in [4.78, 5) is 0. The molecule has 0 unspecified atom stereocenters. The van der Waals surface area contributed by atoms with Crippen molar-refractivity contribution in [3.8, 4) is 0 Å². The molecular weight excluding hydrogens is 496 g/mol. The Kier molecular flexibility index (Phi) is 4.04. The third kappa shape index (κ3) is 2.66. The Labute approximate surface area is 112 Å². The summed E-state index contributed by atoms with van der Waals surface area (Å²) >= 11 is 6.46. The van der Waals surface area contributed by atoms with Crippen molar-refractivity contribution in [1.82, 2.24) is 0 Å². The van der Waals surface area contributed by atoms with Gasteiger partial charge in [-0.25, -0.2) is 4.39 Å². The van der Waals surface area contributed by atoms with Crippen molar-refractivity contribution < 1.29 is 4.39 Å². The lowest BCUT2D eigenvalue weighted by Gasteiger charge is -2.15. The van der Waals surface area contributed by atoms with Crippen LogP contribution in [0.1, 0.15) is 12.5 Å². The quantitative estimate of drug-likeness (QED) is 0.393. The molecule has 0 saturated heterocycles. The topological polar surface area (TPSA) is 0 Å². The van der Waals surface area contributed by atoms with Gasteiger partial charge in [0.25, 0.3) is 0 Å². The fourth-order valence-corrected chi connectivity index (χ4v) is 2.17. The first-order valence-electron chi connectivity index (χ1n) is 3.25. The molecule has 4 heteroatoms. The molecule has 1 aromatic rings. The summed E-state index contributed by atoms with van der Waals surface area (Å²) in [7, 11) is 0. The highest BCUT2D eigenvalue weighted by Gasteiger charge is 2.22. The van der Waals surface area contributed by atoms with Crippen molar-refractivity contribution in [3.63, 3.8) is 0 Å². The molecule has 0 bridgehead atoms. The summed E-state index contributed by atoms with van der Waals surface area (Å²) in [6, 6.07) is 5.49. The normalized spacial score (nSPS) is 11.8. The summed E-state index contributed by atoms with van der Waals surface area (Å²) in [5.41, 5.74) is 0.760. The van der Waals surface area contributed by atoms with Crippen molar-refractivity contribution in [3.05, 3.63) is 33.1 Å². The largest absolute Gasteiger partial charge is 0.205 e. The van der Waals surface area contributed by atoms with E-state index in [0.29, 0.717) is 3.57 Å². The van der Waals surface area contributed by atoms with Crippen LogP contribution >= 0.6 is 67.8 Å². The van der Waals surface area contributed by atoms with E-state index in [4.69, 9.17) is 0 Å². The molecule has 0 spiro atoms. The smallest absolute Gasteiger partial charge is 0.141 e. The molecule has 0 heterocycles. The molecule has 0 aliphatic carbocycles. The molecule has 12 heavy (non-hydrogen) atoms. The molecular formula is C8H6FI3. The first-order valence-corrected chi connectivity index (χ1v) is 6.49. The Balaban J connectivity index is 3.26. The molecule has 1 rings (SSSR count). The van der Waals surface area contributed by atoms with E-state index in [1.165, 1.54) is 0 Å². The number of alkyl halides is 2. The van der Waals surface area contributed by atoms with Crippen molar-refractivity contribution >= 4 is 67.8 Å². The van der Waals surface area contributed by atoms with Crippen molar-refractivity contribution in [2.24, 2.45) is 0 Å². The van der Waals surface area contributed by atoms with Crippen LogP contribution in [-0.2, 0) is 1.43 Å². The standard InChI is InChI=1S/C8H6FI3/c1-8(11,12)5-3-2-4-6(10)7(5)9/h2-4H,1H3. The second-order valence-electron chi connectivity index (χ2n) is 2.49. The maximum atomic E-state index is 13.5. The minimum absolute atomic E-state index is 0.0931. The molecule has 1 aromatic carbocycles. The fourth-order valence-electron chi connectivity index (χ4n) is 0.843. The van der Waals surface area contributed by atoms with E-state index in [0.717, 1.165) is 5.56 Å². The summed E-state index contributed by atoms with van der Waals surface area (Å²) in [5, 5.41) is 0. The maximum absolute atomic E-state index is 13.5. The van der Waals surface area contributed by atoms with Gasteiger partial charge in [-0.1, -0.05) is 57.3 Å². The molecule has 0 radical (unpaired) electrons. The minimum Gasteiger partial charge on any atom is -0.205 e. The van der Waals surface area contributed by atoms with Gasteiger partial charge in [-0.05, 0) is 35.6 Å². The van der Waals surface area contributed by atoms with Crippen LogP contribution in [0.3, 0.4) is 0 Å². The van der Waals surface area contributed by atoms with Crippen molar-refractivity contribution in [2.45, 2.75) is 8.35 Å². The molecule has 0 nitrogen and oxygen atoms in total. The second kappa shape index (κ2) is 4.24. The summed E-state index contributed by atoms with van der Waals surface area (Å²) in [6.45, 7) is 1.99. The van der Waals surface area contributed by atoms with E-state index < -0.39 is 0 Å². The van der Waals surface area contributed by atoms with E-state index in [9.17, 15) is 4.39 Å². The number of halogens is 4. The third-order valence-corrected chi connectivity index (χ3v) is 3.42. The fraction of sp³-hybridized carbons (Fsp3) is 0.250. The molecule has 0 saturated carbocycles. The first-order chi connectivity index (χ1) is 5.43. The highest BCUT2D eigenvalue weighted by atomic mass is 127. The van der Waals surface area contributed by atoms with Crippen LogP contribution in [0.25, 0.3) is 0 Å². The SMILES string of the molecule is CC(I)(I)c1cccc(I)c1F. The summed E-state index contributed by atoms with van der Waals surface area (Å²) < 4.78 is 14.0. The van der Waals surface area contributed by atoms with Gasteiger partial charge in [0, 0.05) is 9.13 Å². The van der Waals surface area contributed by atoms with Gasteiger partial charge in [0.1, 0.15) is 5.82 Å². The molecule has 0 amide bonds. The zero-order valence-corrected chi connectivity index (χ0v) is 12.7. The monoisotopic (exact) mass is 502 g/mol. The first kappa shape index (κ1) is 11.4. The predicted molar refractivity (Wildman–Crippen MR) is 74.5 cm³/mol. The molecule has 0 aliphatic rings. The Morgan fingerprint density at radius 2 is 1.92 bits per heavy atom. The lowest BCUT2D eigenvalue weighted by Crippen LogP contribution is -2.06. The number of hydrogen-bond acceptors (Lipinski definition) is 0. The maximum Gasteiger partial charge on any atom is 0.141 e. The molecule has 0 N–H and O–H groups in total. The molecule has 0 atom stereocenters. The van der Waals surface area contributed by atoms with E-state index in [1.54, 1.807) is 6.07 Å². The van der Waals surface area contributed by atoms with Crippen molar-refractivity contribution in [1.29, 1.82) is 0 Å². The van der Waals surface area contributed by atoms with E-state index in [-0.39, 0.29) is 7.25 Å². The zero-order valence-electron chi connectivity index (χ0n) is 6.24. The second-order valence-corrected chi connectivity index (χ2v) is 10.0. The predicted octanol–water partition coefficient (Wildman–Crippen LogP) is 4.47. The van der Waals surface area contributed by atoms with Crippen LogP contribution in [0.5, 0.6) is 0 Å².